The summed E-state index contributed by atoms with van der Waals surface area (Å²) >= 11 is 0. The van der Waals surface area contributed by atoms with E-state index < -0.39 is 27.7 Å². The van der Waals surface area contributed by atoms with Gasteiger partial charge in [-0.2, -0.15) is 0 Å². The Balaban J connectivity index is 3.01. The molecule has 1 atom stereocenters. The van der Waals surface area contributed by atoms with E-state index in [4.69, 9.17) is 5.11 Å². The number of aliphatic hydroxyl groups excluding tert-OH is 1. The number of hydrogen-bond acceptors (Lipinski definition) is 3. The third-order valence-electron chi connectivity index (χ3n) is 2.24. The highest BCUT2D eigenvalue weighted by atomic mass is 32.2. The van der Waals surface area contributed by atoms with Crippen LogP contribution >= 0.6 is 0 Å². The molecule has 17 heavy (non-hydrogen) atoms. The monoisotopic (exact) mass is 265 g/mol. The first-order chi connectivity index (χ1) is 7.90. The molecule has 1 aromatic rings. The van der Waals surface area contributed by atoms with E-state index >= 15 is 0 Å². The molecule has 0 aliphatic rings. The fraction of sp³-hybridized carbons (Fsp3) is 0.400. The number of aliphatic hydroxyl groups is 1. The molecule has 96 valence electrons. The van der Waals surface area contributed by atoms with Crippen LogP contribution in [-0.4, -0.2) is 26.2 Å². The van der Waals surface area contributed by atoms with Crippen LogP contribution < -0.4 is 4.72 Å². The molecule has 0 aromatic heterocycles. The van der Waals surface area contributed by atoms with Gasteiger partial charge in [0.1, 0.15) is 0 Å². The van der Waals surface area contributed by atoms with E-state index in [1.807, 2.05) is 0 Å². The van der Waals surface area contributed by atoms with Gasteiger partial charge in [0.05, 0.1) is 11.5 Å². The summed E-state index contributed by atoms with van der Waals surface area (Å²) in [5.41, 5.74) is 0. The lowest BCUT2D eigenvalue weighted by molar-refractivity contribution is 0.254. The molecule has 0 saturated heterocycles. The molecule has 0 heterocycles. The van der Waals surface area contributed by atoms with Gasteiger partial charge in [0.25, 0.3) is 0 Å². The number of sulfonamides is 1. The van der Waals surface area contributed by atoms with Gasteiger partial charge in [-0.3, -0.25) is 0 Å². The second-order valence-corrected chi connectivity index (χ2v) is 5.20. The first-order valence-electron chi connectivity index (χ1n) is 4.99. The van der Waals surface area contributed by atoms with E-state index in [1.54, 1.807) is 6.92 Å². The largest absolute Gasteiger partial charge is 0.395 e. The third kappa shape index (κ3) is 3.45. The Hall–Kier alpha value is -1.05. The second kappa shape index (κ2) is 5.52. The average Bonchev–Trinajstić information content (AvgIpc) is 2.29. The summed E-state index contributed by atoms with van der Waals surface area (Å²) in [6.45, 7) is 1.33. The molecular formula is C10H13F2NO3S. The van der Waals surface area contributed by atoms with Crippen molar-refractivity contribution in [2.75, 3.05) is 6.61 Å². The Bertz CT molecular complexity index is 486. The van der Waals surface area contributed by atoms with Crippen molar-refractivity contribution in [2.24, 2.45) is 0 Å². The number of benzene rings is 1. The minimum absolute atomic E-state index is 0.362. The van der Waals surface area contributed by atoms with Crippen LogP contribution in [0.3, 0.4) is 0 Å². The number of rotatable bonds is 5. The molecule has 0 saturated carbocycles. The topological polar surface area (TPSA) is 66.4 Å². The summed E-state index contributed by atoms with van der Waals surface area (Å²) in [5, 5.41) is 8.87. The maximum absolute atomic E-state index is 12.9. The van der Waals surface area contributed by atoms with Gasteiger partial charge in [-0.25, -0.2) is 21.9 Å². The van der Waals surface area contributed by atoms with E-state index in [1.165, 1.54) is 0 Å². The van der Waals surface area contributed by atoms with Crippen LogP contribution in [0.25, 0.3) is 0 Å². The van der Waals surface area contributed by atoms with E-state index in [2.05, 4.69) is 4.72 Å². The predicted molar refractivity (Wildman–Crippen MR) is 57.8 cm³/mol. The van der Waals surface area contributed by atoms with Crippen molar-refractivity contribution in [2.45, 2.75) is 24.3 Å². The normalized spacial score (nSPS) is 13.6. The van der Waals surface area contributed by atoms with Gasteiger partial charge >= 0.3 is 0 Å². The summed E-state index contributed by atoms with van der Waals surface area (Å²) in [7, 11) is -3.94. The molecule has 0 aliphatic heterocycles. The van der Waals surface area contributed by atoms with Crippen LogP contribution in [0.5, 0.6) is 0 Å². The van der Waals surface area contributed by atoms with Gasteiger partial charge in [0.2, 0.25) is 10.0 Å². The lowest BCUT2D eigenvalue weighted by Gasteiger charge is -2.14. The van der Waals surface area contributed by atoms with Gasteiger partial charge in [0.15, 0.2) is 11.6 Å². The molecule has 0 radical (unpaired) electrons. The van der Waals surface area contributed by atoms with E-state index in [0.29, 0.717) is 12.5 Å². The lowest BCUT2D eigenvalue weighted by atomic mass is 10.3. The summed E-state index contributed by atoms with van der Waals surface area (Å²) in [6.07, 6.45) is 0.388. The molecule has 0 aliphatic carbocycles. The van der Waals surface area contributed by atoms with Gasteiger partial charge in [-0.15, -0.1) is 0 Å². The van der Waals surface area contributed by atoms with Crippen molar-refractivity contribution < 1.29 is 22.3 Å². The van der Waals surface area contributed by atoms with E-state index in [-0.39, 0.29) is 11.5 Å². The molecule has 0 amide bonds. The molecular weight excluding hydrogens is 252 g/mol. The van der Waals surface area contributed by atoms with Crippen LogP contribution in [0.2, 0.25) is 0 Å². The summed E-state index contributed by atoms with van der Waals surface area (Å²) in [6, 6.07) is 1.66. The minimum Gasteiger partial charge on any atom is -0.395 e. The third-order valence-corrected chi connectivity index (χ3v) is 3.75. The van der Waals surface area contributed by atoms with Crippen LogP contribution in [0.4, 0.5) is 8.78 Å². The van der Waals surface area contributed by atoms with Crippen molar-refractivity contribution in [3.8, 4) is 0 Å². The Kier molecular flexibility index (Phi) is 4.55. The highest BCUT2D eigenvalue weighted by Gasteiger charge is 2.19. The van der Waals surface area contributed by atoms with Crippen LogP contribution in [-0.2, 0) is 10.0 Å². The van der Waals surface area contributed by atoms with Crippen molar-refractivity contribution >= 4 is 10.0 Å². The molecule has 7 heteroatoms. The molecule has 0 bridgehead atoms. The lowest BCUT2D eigenvalue weighted by Crippen LogP contribution is -2.36. The molecule has 0 fully saturated rings. The Morgan fingerprint density at radius 2 is 2.00 bits per heavy atom. The van der Waals surface area contributed by atoms with Gasteiger partial charge < -0.3 is 5.11 Å². The zero-order valence-corrected chi connectivity index (χ0v) is 9.97. The smallest absolute Gasteiger partial charge is 0.241 e. The summed E-state index contributed by atoms with van der Waals surface area (Å²) in [5.74, 6) is -2.34. The van der Waals surface area contributed by atoms with E-state index in [0.717, 1.165) is 12.1 Å². The highest BCUT2D eigenvalue weighted by Crippen LogP contribution is 2.14. The van der Waals surface area contributed by atoms with Crippen molar-refractivity contribution in [1.82, 2.24) is 4.72 Å². The Morgan fingerprint density at radius 1 is 1.35 bits per heavy atom. The molecule has 0 spiro atoms. The summed E-state index contributed by atoms with van der Waals surface area (Å²) < 4.78 is 51.2. The quantitative estimate of drug-likeness (QED) is 0.835. The fourth-order valence-electron chi connectivity index (χ4n) is 1.18. The van der Waals surface area contributed by atoms with Gasteiger partial charge in [0, 0.05) is 6.04 Å². The molecule has 2 N–H and O–H groups in total. The Labute approximate surface area is 98.3 Å². The van der Waals surface area contributed by atoms with Crippen molar-refractivity contribution in [3.05, 3.63) is 29.8 Å². The zero-order chi connectivity index (χ0) is 13.1. The van der Waals surface area contributed by atoms with Gasteiger partial charge in [-0.05, 0) is 24.6 Å². The van der Waals surface area contributed by atoms with Crippen LogP contribution in [0.15, 0.2) is 23.1 Å². The maximum atomic E-state index is 12.9. The first-order valence-corrected chi connectivity index (χ1v) is 6.47. The van der Waals surface area contributed by atoms with Crippen molar-refractivity contribution in [3.63, 3.8) is 0 Å². The summed E-state index contributed by atoms with van der Waals surface area (Å²) in [4.78, 5) is -0.372. The Morgan fingerprint density at radius 3 is 2.47 bits per heavy atom. The molecule has 1 aromatic carbocycles. The minimum atomic E-state index is -3.94. The first kappa shape index (κ1) is 14.0. The SMILES string of the molecule is CC[C@H](CO)NS(=O)(=O)c1ccc(F)c(F)c1. The highest BCUT2D eigenvalue weighted by molar-refractivity contribution is 7.89. The molecule has 4 nitrogen and oxygen atoms in total. The molecule has 0 unspecified atom stereocenters. The standard InChI is InChI=1S/C10H13F2NO3S/c1-2-7(6-14)13-17(15,16)8-3-4-9(11)10(12)5-8/h3-5,7,13-14H,2,6H2,1H3/t7-/m1/s1. The maximum Gasteiger partial charge on any atom is 0.241 e. The van der Waals surface area contributed by atoms with Gasteiger partial charge in [-0.1, -0.05) is 6.92 Å². The number of hydrogen-bond donors (Lipinski definition) is 2. The van der Waals surface area contributed by atoms with Crippen LogP contribution in [0, 0.1) is 11.6 Å². The number of nitrogens with one attached hydrogen (secondary N) is 1. The van der Waals surface area contributed by atoms with Crippen LogP contribution in [0.1, 0.15) is 13.3 Å². The zero-order valence-electron chi connectivity index (χ0n) is 9.15. The molecule has 1 rings (SSSR count). The predicted octanol–water partition coefficient (Wildman–Crippen LogP) is 1.01. The second-order valence-electron chi connectivity index (χ2n) is 3.48. The fourth-order valence-corrected chi connectivity index (χ4v) is 2.50. The van der Waals surface area contributed by atoms with E-state index in [9.17, 15) is 17.2 Å². The van der Waals surface area contributed by atoms with Crippen molar-refractivity contribution in [1.29, 1.82) is 0 Å². The number of halogens is 2. The average molecular weight is 265 g/mol.